The molecular weight excluding hydrogens is 657 g/mol. The van der Waals surface area contributed by atoms with E-state index < -0.39 is 28.0 Å². The first-order chi connectivity index (χ1) is 24.0. The summed E-state index contributed by atoms with van der Waals surface area (Å²) in [4.78, 5) is 41.7. The van der Waals surface area contributed by atoms with E-state index in [1.807, 2.05) is 30.3 Å². The van der Waals surface area contributed by atoms with E-state index in [9.17, 15) is 22.8 Å². The van der Waals surface area contributed by atoms with Crippen LogP contribution in [-0.4, -0.2) is 83.0 Å². The number of carbonyl (C=O) groups excluding carboxylic acids is 3. The summed E-state index contributed by atoms with van der Waals surface area (Å²) in [6.45, 7) is 7.07. The third-order valence-corrected chi connectivity index (χ3v) is 11.0. The van der Waals surface area contributed by atoms with Gasteiger partial charge in [0.15, 0.2) is 0 Å². The molecule has 2 aromatic carbocycles. The molecule has 4 rings (SSSR count). The van der Waals surface area contributed by atoms with Crippen molar-refractivity contribution in [2.45, 2.75) is 75.7 Å². The van der Waals surface area contributed by atoms with E-state index in [0.717, 1.165) is 56.3 Å². The highest BCUT2D eigenvalue weighted by Crippen LogP contribution is 2.24. The monoisotopic (exact) mass is 710 g/mol. The first-order valence-corrected chi connectivity index (χ1v) is 19.3. The molecule has 2 saturated heterocycles. The van der Waals surface area contributed by atoms with E-state index >= 15 is 0 Å². The summed E-state index contributed by atoms with van der Waals surface area (Å²) in [5.41, 5.74) is 8.52. The van der Waals surface area contributed by atoms with Crippen LogP contribution in [0.4, 0.5) is 0 Å². The van der Waals surface area contributed by atoms with Crippen LogP contribution in [0.2, 0.25) is 0 Å². The van der Waals surface area contributed by atoms with E-state index in [0.29, 0.717) is 43.1 Å². The van der Waals surface area contributed by atoms with Crippen LogP contribution in [0.3, 0.4) is 0 Å². The fourth-order valence-corrected chi connectivity index (χ4v) is 8.02. The Labute approximate surface area is 297 Å². The Morgan fingerprint density at radius 3 is 2.14 bits per heavy atom. The van der Waals surface area contributed by atoms with Gasteiger partial charge in [0.25, 0.3) is 0 Å². The van der Waals surface area contributed by atoms with Crippen LogP contribution in [0.5, 0.6) is 0 Å². The Balaban J connectivity index is 1.45. The number of benzene rings is 2. The maximum atomic E-state index is 14.0. The minimum absolute atomic E-state index is 0.0409. The lowest BCUT2D eigenvalue weighted by Crippen LogP contribution is -2.54. The number of nitrogens with zero attached hydrogens (tertiary/aromatic N) is 1. The van der Waals surface area contributed by atoms with Crippen LogP contribution in [0.1, 0.15) is 68.1 Å². The highest BCUT2D eigenvalue weighted by Gasteiger charge is 2.31. The number of piperidine rings is 2. The number of amides is 3. The zero-order chi connectivity index (χ0) is 35.9. The van der Waals surface area contributed by atoms with Gasteiger partial charge in [-0.15, -0.1) is 0 Å². The van der Waals surface area contributed by atoms with Gasteiger partial charge in [0.1, 0.15) is 18.7 Å². The lowest BCUT2D eigenvalue weighted by molar-refractivity contribution is -0.136. The zero-order valence-electron chi connectivity index (χ0n) is 29.2. The molecule has 3 amide bonds. The third kappa shape index (κ3) is 12.8. The number of nitrogens with two attached hydrogens (primary N) is 1. The van der Waals surface area contributed by atoms with Crippen LogP contribution >= 0.6 is 0 Å². The Morgan fingerprint density at radius 1 is 0.900 bits per heavy atom. The Morgan fingerprint density at radius 2 is 1.52 bits per heavy atom. The summed E-state index contributed by atoms with van der Waals surface area (Å²) in [5, 5.41) is 9.27. The number of ether oxygens (including phenoxy) is 1. The van der Waals surface area contributed by atoms with Crippen LogP contribution in [0.25, 0.3) is 5.70 Å². The second kappa shape index (κ2) is 19.6. The van der Waals surface area contributed by atoms with Crippen molar-refractivity contribution >= 4 is 33.4 Å². The van der Waals surface area contributed by atoms with Crippen molar-refractivity contribution < 1.29 is 27.5 Å². The molecule has 13 heteroatoms. The molecule has 0 unspecified atom stereocenters. The Bertz CT molecular complexity index is 1510. The van der Waals surface area contributed by atoms with Crippen molar-refractivity contribution in [3.8, 4) is 0 Å². The molecule has 2 atom stereocenters. The number of carbonyl (C=O) groups is 3. The molecule has 2 aromatic rings. The Hall–Kier alpha value is -3.78. The largest absolute Gasteiger partial charge is 0.399 e. The van der Waals surface area contributed by atoms with E-state index in [1.165, 1.54) is 7.11 Å². The summed E-state index contributed by atoms with van der Waals surface area (Å²) in [5.74, 6) is -0.513. The quantitative estimate of drug-likeness (QED) is 0.157. The predicted octanol–water partition coefficient (Wildman–Crippen LogP) is 2.65. The Kier molecular flexibility index (Phi) is 15.3. The van der Waals surface area contributed by atoms with E-state index in [2.05, 4.69) is 27.3 Å². The summed E-state index contributed by atoms with van der Waals surface area (Å²) in [6.07, 6.45) is 5.55. The molecule has 274 valence electrons. The van der Waals surface area contributed by atoms with Crippen molar-refractivity contribution in [2.24, 2.45) is 17.6 Å². The topological polar surface area (TPSA) is 172 Å². The molecule has 2 aliphatic rings. The molecule has 0 spiro atoms. The van der Waals surface area contributed by atoms with Gasteiger partial charge in [-0.2, -0.15) is 0 Å². The second-order valence-electron chi connectivity index (χ2n) is 13.5. The van der Waals surface area contributed by atoms with Gasteiger partial charge in [-0.1, -0.05) is 61.2 Å². The van der Waals surface area contributed by atoms with Crippen LogP contribution in [-0.2, 0) is 41.4 Å². The first-order valence-electron chi connectivity index (χ1n) is 17.7. The molecule has 2 heterocycles. The molecule has 2 fully saturated rings. The molecule has 50 heavy (non-hydrogen) atoms. The number of likely N-dealkylation sites (tertiary alicyclic amines) is 1. The van der Waals surface area contributed by atoms with Crippen molar-refractivity contribution in [1.82, 2.24) is 25.6 Å². The number of methoxy groups -OCH3 is 1. The van der Waals surface area contributed by atoms with Gasteiger partial charge in [0.2, 0.25) is 27.7 Å². The zero-order valence-corrected chi connectivity index (χ0v) is 30.0. The number of hydrogen-bond donors (Lipinski definition) is 5. The van der Waals surface area contributed by atoms with Crippen molar-refractivity contribution in [3.63, 3.8) is 0 Å². The first kappa shape index (κ1) is 39.0. The van der Waals surface area contributed by atoms with E-state index in [1.54, 1.807) is 29.2 Å². The molecule has 6 N–H and O–H groups in total. The fourth-order valence-electron chi connectivity index (χ4n) is 6.65. The third-order valence-electron chi connectivity index (χ3n) is 9.68. The second-order valence-corrected chi connectivity index (χ2v) is 15.3. The van der Waals surface area contributed by atoms with Crippen molar-refractivity contribution in [2.75, 3.05) is 39.9 Å². The SMILES string of the molecule is C=C(N)c1ccc(CNC(=O)[C@H](CCC2CCNCC2)NC(=O)[C@@H](CCC2CCN(C(=O)COC)CC2)NS(=O)(=O)Cc2ccccc2)cc1. The van der Waals surface area contributed by atoms with Gasteiger partial charge < -0.3 is 31.3 Å². The van der Waals surface area contributed by atoms with Gasteiger partial charge in [-0.3, -0.25) is 14.4 Å². The number of hydrogen-bond acceptors (Lipinski definition) is 8. The number of nitrogens with one attached hydrogen (secondary N) is 4. The highest BCUT2D eigenvalue weighted by molar-refractivity contribution is 7.88. The minimum Gasteiger partial charge on any atom is -0.399 e. The number of sulfonamides is 1. The van der Waals surface area contributed by atoms with E-state index in [4.69, 9.17) is 10.5 Å². The lowest BCUT2D eigenvalue weighted by Gasteiger charge is -2.32. The molecule has 0 bridgehead atoms. The van der Waals surface area contributed by atoms with Gasteiger partial charge in [0.05, 0.1) is 5.75 Å². The summed E-state index contributed by atoms with van der Waals surface area (Å²) < 4.78 is 34.4. The maximum Gasteiger partial charge on any atom is 0.248 e. The van der Waals surface area contributed by atoms with Crippen LogP contribution in [0, 0.1) is 11.8 Å². The smallest absolute Gasteiger partial charge is 0.248 e. The maximum absolute atomic E-state index is 14.0. The summed E-state index contributed by atoms with van der Waals surface area (Å²) >= 11 is 0. The molecule has 0 saturated carbocycles. The highest BCUT2D eigenvalue weighted by atomic mass is 32.2. The lowest BCUT2D eigenvalue weighted by atomic mass is 9.90. The average Bonchev–Trinajstić information content (AvgIpc) is 3.11. The van der Waals surface area contributed by atoms with Gasteiger partial charge in [0, 0.05) is 32.4 Å². The molecule has 2 aliphatic heterocycles. The summed E-state index contributed by atoms with van der Waals surface area (Å²) in [7, 11) is -2.40. The molecular formula is C37H54N6O6S. The van der Waals surface area contributed by atoms with Gasteiger partial charge >= 0.3 is 0 Å². The van der Waals surface area contributed by atoms with E-state index in [-0.39, 0.29) is 43.1 Å². The van der Waals surface area contributed by atoms with Gasteiger partial charge in [-0.25, -0.2) is 13.1 Å². The predicted molar refractivity (Wildman–Crippen MR) is 195 cm³/mol. The minimum atomic E-state index is -3.90. The molecule has 0 radical (unpaired) electrons. The standard InChI is InChI=1S/C37H54N6O6S/c1-27(38)32-12-8-30(9-13-32)24-40-36(45)33(14-10-28-16-20-39-21-17-28)41-37(46)34(42-50(47,48)26-31-6-4-3-5-7-31)15-11-29-18-22-43(23-19-29)35(44)25-49-2/h3-9,12-13,28-29,33-34,39,42H,1,10-11,14-26,38H2,2H3,(H,40,45)(H,41,46)/t33-,34+/m0/s1. The van der Waals surface area contributed by atoms with Gasteiger partial charge in [-0.05, 0) is 93.0 Å². The number of rotatable bonds is 18. The molecule has 0 aliphatic carbocycles. The van der Waals surface area contributed by atoms with Crippen LogP contribution < -0.4 is 26.4 Å². The molecule has 12 nitrogen and oxygen atoms in total. The van der Waals surface area contributed by atoms with Crippen LogP contribution in [0.15, 0.2) is 61.2 Å². The summed E-state index contributed by atoms with van der Waals surface area (Å²) in [6, 6.07) is 14.3. The fraction of sp³-hybridized carbons (Fsp3) is 0.541. The average molecular weight is 711 g/mol. The van der Waals surface area contributed by atoms with Crippen molar-refractivity contribution in [1.29, 1.82) is 0 Å². The molecule has 0 aromatic heterocycles. The van der Waals surface area contributed by atoms with Crippen molar-refractivity contribution in [3.05, 3.63) is 77.9 Å². The normalized spacial score (nSPS) is 17.1.